The highest BCUT2D eigenvalue weighted by Crippen LogP contribution is 2.12. The number of amides is 1. The topological polar surface area (TPSA) is 58.1 Å². The standard InChI is InChI=1S/C18H23FN4O/c1-3-9-23(10-4-2)18(24)16-11-17(22-13-21-16)20-12-14-7-5-6-8-15(14)19/h5-8,11,13H,3-4,9-10,12H2,1-2H3,(H,20,21,22). The number of rotatable bonds is 8. The molecule has 1 N–H and O–H groups in total. The predicted octanol–water partition coefficient (Wildman–Crippen LogP) is 3.49. The molecule has 0 spiro atoms. The molecule has 0 aliphatic rings. The van der Waals surface area contributed by atoms with Gasteiger partial charge in [-0.3, -0.25) is 4.79 Å². The van der Waals surface area contributed by atoms with E-state index in [0.29, 0.717) is 36.7 Å². The SMILES string of the molecule is CCCN(CCC)C(=O)c1cc(NCc2ccccc2F)ncn1. The lowest BCUT2D eigenvalue weighted by Crippen LogP contribution is -2.33. The van der Waals surface area contributed by atoms with E-state index in [1.54, 1.807) is 29.2 Å². The van der Waals surface area contributed by atoms with Crippen LogP contribution in [0.4, 0.5) is 10.2 Å². The minimum absolute atomic E-state index is 0.102. The highest BCUT2D eigenvalue weighted by Gasteiger charge is 2.16. The average Bonchev–Trinajstić information content (AvgIpc) is 2.60. The summed E-state index contributed by atoms with van der Waals surface area (Å²) in [6.45, 7) is 5.78. The number of hydrogen-bond acceptors (Lipinski definition) is 4. The van der Waals surface area contributed by atoms with E-state index in [4.69, 9.17) is 0 Å². The van der Waals surface area contributed by atoms with Gasteiger partial charge in [0.2, 0.25) is 0 Å². The Kier molecular flexibility index (Phi) is 6.66. The van der Waals surface area contributed by atoms with Gasteiger partial charge in [0.15, 0.2) is 0 Å². The zero-order valence-corrected chi connectivity index (χ0v) is 14.1. The van der Waals surface area contributed by atoms with Gasteiger partial charge in [0.1, 0.15) is 23.7 Å². The maximum absolute atomic E-state index is 13.6. The van der Waals surface area contributed by atoms with Crippen LogP contribution in [-0.4, -0.2) is 33.9 Å². The van der Waals surface area contributed by atoms with Crippen molar-refractivity contribution in [3.8, 4) is 0 Å². The molecule has 24 heavy (non-hydrogen) atoms. The molecule has 0 radical (unpaired) electrons. The van der Waals surface area contributed by atoms with Crippen molar-refractivity contribution in [3.05, 3.63) is 53.7 Å². The second-order valence-electron chi connectivity index (χ2n) is 5.53. The normalized spacial score (nSPS) is 10.5. The summed E-state index contributed by atoms with van der Waals surface area (Å²) in [5.41, 5.74) is 0.894. The first kappa shape index (κ1) is 17.8. The van der Waals surface area contributed by atoms with Gasteiger partial charge in [-0.2, -0.15) is 0 Å². The number of carbonyl (C=O) groups excluding carboxylic acids is 1. The molecule has 0 saturated carbocycles. The minimum Gasteiger partial charge on any atom is -0.366 e. The molecular weight excluding hydrogens is 307 g/mol. The lowest BCUT2D eigenvalue weighted by Gasteiger charge is -2.21. The van der Waals surface area contributed by atoms with Crippen LogP contribution in [0.2, 0.25) is 0 Å². The zero-order chi connectivity index (χ0) is 17.4. The van der Waals surface area contributed by atoms with Crippen molar-refractivity contribution >= 4 is 11.7 Å². The van der Waals surface area contributed by atoms with E-state index in [1.807, 2.05) is 13.8 Å². The maximum atomic E-state index is 13.6. The van der Waals surface area contributed by atoms with E-state index in [1.165, 1.54) is 12.4 Å². The molecule has 1 amide bonds. The molecule has 0 unspecified atom stereocenters. The number of halogens is 1. The summed E-state index contributed by atoms with van der Waals surface area (Å²) in [4.78, 5) is 22.5. The van der Waals surface area contributed by atoms with Gasteiger partial charge in [-0.1, -0.05) is 32.0 Å². The molecule has 1 heterocycles. The van der Waals surface area contributed by atoms with Crippen LogP contribution in [0, 0.1) is 5.82 Å². The quantitative estimate of drug-likeness (QED) is 0.805. The van der Waals surface area contributed by atoms with Gasteiger partial charge in [-0.15, -0.1) is 0 Å². The summed E-state index contributed by atoms with van der Waals surface area (Å²) < 4.78 is 13.6. The molecule has 128 valence electrons. The molecule has 0 atom stereocenters. The molecule has 0 aliphatic heterocycles. The van der Waals surface area contributed by atoms with Crippen LogP contribution in [0.15, 0.2) is 36.7 Å². The zero-order valence-electron chi connectivity index (χ0n) is 14.1. The van der Waals surface area contributed by atoms with E-state index < -0.39 is 0 Å². The molecule has 5 nitrogen and oxygen atoms in total. The van der Waals surface area contributed by atoms with Gasteiger partial charge in [0, 0.05) is 31.3 Å². The second-order valence-corrected chi connectivity index (χ2v) is 5.53. The predicted molar refractivity (Wildman–Crippen MR) is 92.2 cm³/mol. The van der Waals surface area contributed by atoms with Gasteiger partial charge >= 0.3 is 0 Å². The third kappa shape index (κ3) is 4.75. The first-order valence-corrected chi connectivity index (χ1v) is 8.24. The third-order valence-corrected chi connectivity index (χ3v) is 3.58. The van der Waals surface area contributed by atoms with E-state index in [0.717, 1.165) is 12.8 Å². The molecule has 0 saturated heterocycles. The molecule has 1 aromatic carbocycles. The van der Waals surface area contributed by atoms with Gasteiger partial charge in [0.25, 0.3) is 5.91 Å². The first-order valence-electron chi connectivity index (χ1n) is 8.24. The van der Waals surface area contributed by atoms with E-state index >= 15 is 0 Å². The number of aromatic nitrogens is 2. The van der Waals surface area contributed by atoms with Crippen molar-refractivity contribution in [2.24, 2.45) is 0 Å². The van der Waals surface area contributed by atoms with Crippen molar-refractivity contribution in [1.29, 1.82) is 0 Å². The van der Waals surface area contributed by atoms with E-state index in [2.05, 4.69) is 15.3 Å². The van der Waals surface area contributed by atoms with E-state index in [-0.39, 0.29) is 11.7 Å². The minimum atomic E-state index is -0.271. The van der Waals surface area contributed by atoms with Crippen molar-refractivity contribution in [3.63, 3.8) is 0 Å². The fraction of sp³-hybridized carbons (Fsp3) is 0.389. The number of benzene rings is 1. The molecule has 0 fully saturated rings. The van der Waals surface area contributed by atoms with Crippen molar-refractivity contribution in [1.82, 2.24) is 14.9 Å². The second kappa shape index (κ2) is 8.96. The number of nitrogens with one attached hydrogen (secondary N) is 1. The number of hydrogen-bond donors (Lipinski definition) is 1. The Balaban J connectivity index is 2.07. The summed E-state index contributed by atoms with van der Waals surface area (Å²) >= 11 is 0. The number of anilines is 1. The van der Waals surface area contributed by atoms with Crippen LogP contribution >= 0.6 is 0 Å². The van der Waals surface area contributed by atoms with Gasteiger partial charge in [0.05, 0.1) is 0 Å². The molecule has 2 rings (SSSR count). The summed E-state index contributed by atoms with van der Waals surface area (Å²) in [5, 5.41) is 3.04. The summed E-state index contributed by atoms with van der Waals surface area (Å²) in [7, 11) is 0. The monoisotopic (exact) mass is 330 g/mol. The van der Waals surface area contributed by atoms with Crippen LogP contribution in [0.25, 0.3) is 0 Å². The Labute approximate surface area is 141 Å². The Morgan fingerprint density at radius 3 is 2.54 bits per heavy atom. The van der Waals surface area contributed by atoms with Gasteiger partial charge < -0.3 is 10.2 Å². The number of nitrogens with zero attached hydrogens (tertiary/aromatic N) is 3. The van der Waals surface area contributed by atoms with Crippen LogP contribution in [0.3, 0.4) is 0 Å². The fourth-order valence-electron chi connectivity index (χ4n) is 2.42. The summed E-state index contributed by atoms with van der Waals surface area (Å²) in [5.74, 6) is 0.131. The molecule has 2 aromatic rings. The Morgan fingerprint density at radius 1 is 1.17 bits per heavy atom. The van der Waals surface area contributed by atoms with Crippen LogP contribution in [0.5, 0.6) is 0 Å². The average molecular weight is 330 g/mol. The van der Waals surface area contributed by atoms with Crippen LogP contribution in [0.1, 0.15) is 42.7 Å². The highest BCUT2D eigenvalue weighted by atomic mass is 19.1. The van der Waals surface area contributed by atoms with E-state index in [9.17, 15) is 9.18 Å². The van der Waals surface area contributed by atoms with Crippen molar-refractivity contribution < 1.29 is 9.18 Å². The van der Waals surface area contributed by atoms with Gasteiger partial charge in [-0.05, 0) is 18.9 Å². The van der Waals surface area contributed by atoms with Crippen molar-refractivity contribution in [2.75, 3.05) is 18.4 Å². The Morgan fingerprint density at radius 2 is 1.88 bits per heavy atom. The Hall–Kier alpha value is -2.50. The first-order chi connectivity index (χ1) is 11.7. The highest BCUT2D eigenvalue weighted by molar-refractivity contribution is 5.92. The maximum Gasteiger partial charge on any atom is 0.272 e. The molecule has 1 aromatic heterocycles. The summed E-state index contributed by atoms with van der Waals surface area (Å²) in [6, 6.07) is 8.17. The largest absolute Gasteiger partial charge is 0.366 e. The smallest absolute Gasteiger partial charge is 0.272 e. The lowest BCUT2D eigenvalue weighted by atomic mass is 10.2. The fourth-order valence-corrected chi connectivity index (χ4v) is 2.42. The summed E-state index contributed by atoms with van der Waals surface area (Å²) in [6.07, 6.45) is 3.15. The van der Waals surface area contributed by atoms with Gasteiger partial charge in [-0.25, -0.2) is 14.4 Å². The molecular formula is C18H23FN4O. The Bertz CT molecular complexity index is 672. The third-order valence-electron chi connectivity index (χ3n) is 3.58. The number of carbonyl (C=O) groups is 1. The molecule has 6 heteroatoms. The molecule has 0 bridgehead atoms. The lowest BCUT2D eigenvalue weighted by molar-refractivity contribution is 0.0749. The van der Waals surface area contributed by atoms with Crippen LogP contribution in [-0.2, 0) is 6.54 Å². The van der Waals surface area contributed by atoms with Crippen molar-refractivity contribution in [2.45, 2.75) is 33.2 Å². The molecule has 0 aliphatic carbocycles. The van der Waals surface area contributed by atoms with Crippen LogP contribution < -0.4 is 5.32 Å².